The normalized spacial score (nSPS) is 19.8. The maximum Gasteiger partial charge on any atom is 0.237 e. The van der Waals surface area contributed by atoms with Crippen LogP contribution in [0.25, 0.3) is 6.08 Å². The molecule has 1 aliphatic heterocycles. The number of hydrogen-bond acceptors (Lipinski definition) is 3. The van der Waals surface area contributed by atoms with Crippen molar-refractivity contribution in [1.29, 1.82) is 0 Å². The van der Waals surface area contributed by atoms with E-state index in [-0.39, 0.29) is 29.8 Å². The average molecular weight is 516 g/mol. The van der Waals surface area contributed by atoms with Gasteiger partial charge in [-0.15, -0.1) is 0 Å². The van der Waals surface area contributed by atoms with Crippen molar-refractivity contribution in [3.8, 4) is 0 Å². The smallest absolute Gasteiger partial charge is 0.237 e. The first-order chi connectivity index (χ1) is 18.5. The molecule has 2 fully saturated rings. The first-order valence-corrected chi connectivity index (χ1v) is 14.6. The van der Waals surface area contributed by atoms with Crippen molar-refractivity contribution in [2.45, 2.75) is 83.7 Å². The number of nitrogens with one attached hydrogen (secondary N) is 3. The molecule has 0 spiro atoms. The second kappa shape index (κ2) is 14.3. The van der Waals surface area contributed by atoms with Crippen LogP contribution in [0.4, 0.5) is 0 Å². The summed E-state index contributed by atoms with van der Waals surface area (Å²) >= 11 is 0. The van der Waals surface area contributed by atoms with Gasteiger partial charge in [0.1, 0.15) is 0 Å². The number of benzene rings is 2. The van der Waals surface area contributed by atoms with Crippen molar-refractivity contribution in [1.82, 2.24) is 16.0 Å². The van der Waals surface area contributed by atoms with Crippen LogP contribution in [0.5, 0.6) is 0 Å². The van der Waals surface area contributed by atoms with Gasteiger partial charge in [-0.05, 0) is 62.1 Å². The lowest BCUT2D eigenvalue weighted by Gasteiger charge is -2.29. The van der Waals surface area contributed by atoms with Crippen LogP contribution in [-0.4, -0.2) is 37.0 Å². The minimum atomic E-state index is -0.239. The Morgan fingerprint density at radius 1 is 1.03 bits per heavy atom. The third kappa shape index (κ3) is 8.56. The molecule has 2 amide bonds. The molecule has 5 heteroatoms. The van der Waals surface area contributed by atoms with Crippen molar-refractivity contribution < 1.29 is 9.59 Å². The Morgan fingerprint density at radius 3 is 2.55 bits per heavy atom. The quantitative estimate of drug-likeness (QED) is 0.350. The summed E-state index contributed by atoms with van der Waals surface area (Å²) in [4.78, 5) is 26.2. The third-order valence-electron chi connectivity index (χ3n) is 8.25. The Hall–Kier alpha value is -2.92. The van der Waals surface area contributed by atoms with E-state index in [0.29, 0.717) is 18.9 Å². The molecule has 0 bridgehead atoms. The van der Waals surface area contributed by atoms with E-state index in [2.05, 4.69) is 72.3 Å². The van der Waals surface area contributed by atoms with Crippen molar-refractivity contribution in [2.75, 3.05) is 13.1 Å². The number of carbonyl (C=O) groups is 2. The van der Waals surface area contributed by atoms with Gasteiger partial charge >= 0.3 is 0 Å². The second-order valence-corrected chi connectivity index (χ2v) is 11.4. The minimum Gasteiger partial charge on any atom is -0.356 e. The zero-order chi connectivity index (χ0) is 26.7. The van der Waals surface area contributed by atoms with Crippen LogP contribution in [0.15, 0.2) is 54.6 Å². The summed E-state index contributed by atoms with van der Waals surface area (Å²) < 4.78 is 0. The highest BCUT2D eigenvalue weighted by Crippen LogP contribution is 2.28. The molecule has 204 valence electrons. The summed E-state index contributed by atoms with van der Waals surface area (Å²) in [6, 6.07) is 16.4. The molecule has 0 unspecified atom stereocenters. The summed E-state index contributed by atoms with van der Waals surface area (Å²) in [5, 5.41) is 9.92. The molecule has 3 N–H and O–H groups in total. The molecule has 0 aromatic heterocycles. The highest BCUT2D eigenvalue weighted by atomic mass is 16.2. The van der Waals surface area contributed by atoms with E-state index < -0.39 is 0 Å². The fraction of sp³-hybridized carbons (Fsp3) is 0.515. The molecule has 1 aliphatic carbocycles. The van der Waals surface area contributed by atoms with Crippen LogP contribution < -0.4 is 16.0 Å². The zero-order valence-corrected chi connectivity index (χ0v) is 23.2. The van der Waals surface area contributed by atoms with Gasteiger partial charge in [0.15, 0.2) is 0 Å². The Kier molecular flexibility index (Phi) is 10.6. The number of aryl methyl sites for hydroxylation is 2. The number of hydrogen-bond donors (Lipinski definition) is 3. The fourth-order valence-corrected chi connectivity index (χ4v) is 6.00. The first-order valence-electron chi connectivity index (χ1n) is 14.6. The second-order valence-electron chi connectivity index (χ2n) is 11.4. The van der Waals surface area contributed by atoms with Gasteiger partial charge < -0.3 is 16.0 Å². The van der Waals surface area contributed by atoms with Gasteiger partial charge in [-0.2, -0.15) is 0 Å². The fourth-order valence-electron chi connectivity index (χ4n) is 6.00. The lowest BCUT2D eigenvalue weighted by Crippen LogP contribution is -2.50. The molecule has 0 radical (unpaired) electrons. The van der Waals surface area contributed by atoms with E-state index in [9.17, 15) is 9.59 Å². The van der Waals surface area contributed by atoms with E-state index in [0.717, 1.165) is 31.4 Å². The summed E-state index contributed by atoms with van der Waals surface area (Å²) in [5.74, 6) is 0.734. The summed E-state index contributed by atoms with van der Waals surface area (Å²) in [5.41, 5.74) is 4.85. The van der Waals surface area contributed by atoms with Crippen LogP contribution >= 0.6 is 0 Å². The topological polar surface area (TPSA) is 70.2 Å². The van der Waals surface area contributed by atoms with Crippen LogP contribution in [-0.2, 0) is 16.0 Å². The van der Waals surface area contributed by atoms with Crippen molar-refractivity contribution >= 4 is 17.9 Å². The number of amides is 2. The van der Waals surface area contributed by atoms with Crippen LogP contribution in [0, 0.1) is 25.7 Å². The van der Waals surface area contributed by atoms with Gasteiger partial charge in [-0.1, -0.05) is 98.4 Å². The molecule has 1 heterocycles. The maximum absolute atomic E-state index is 13.8. The molecule has 1 saturated heterocycles. The van der Waals surface area contributed by atoms with Crippen LogP contribution in [0.3, 0.4) is 0 Å². The highest BCUT2D eigenvalue weighted by Gasteiger charge is 2.30. The number of rotatable bonds is 12. The van der Waals surface area contributed by atoms with E-state index >= 15 is 0 Å². The van der Waals surface area contributed by atoms with Crippen LogP contribution in [0.2, 0.25) is 0 Å². The minimum absolute atomic E-state index is 0.0380. The molecule has 4 rings (SSSR count). The number of carbonyl (C=O) groups excluding carboxylic acids is 2. The average Bonchev–Trinajstić information content (AvgIpc) is 3.33. The molecule has 1 saturated carbocycles. The predicted molar refractivity (Wildman–Crippen MR) is 156 cm³/mol. The Labute approximate surface area is 228 Å². The van der Waals surface area contributed by atoms with Gasteiger partial charge in [0.25, 0.3) is 0 Å². The first kappa shape index (κ1) is 28.1. The predicted octanol–water partition coefficient (Wildman–Crippen LogP) is 5.50. The van der Waals surface area contributed by atoms with Gasteiger partial charge in [0.05, 0.1) is 6.04 Å². The molecule has 5 nitrogen and oxygen atoms in total. The Balaban J connectivity index is 1.45. The van der Waals surface area contributed by atoms with Gasteiger partial charge in [0.2, 0.25) is 11.8 Å². The summed E-state index contributed by atoms with van der Waals surface area (Å²) in [6.07, 6.45) is 13.6. The molecule has 2 aromatic rings. The zero-order valence-electron chi connectivity index (χ0n) is 23.2. The largest absolute Gasteiger partial charge is 0.356 e. The van der Waals surface area contributed by atoms with E-state index in [1.54, 1.807) is 0 Å². The van der Waals surface area contributed by atoms with E-state index in [1.165, 1.54) is 48.8 Å². The van der Waals surface area contributed by atoms with E-state index in [1.807, 2.05) is 18.2 Å². The SMILES string of the molecule is Cc1ccc(C)c(C[C@H](C[C@@H]2CCNC2=O)NC(=O)[C@H](CC2CCCCC2)NCC=Cc2ccccc2)c1. The summed E-state index contributed by atoms with van der Waals surface area (Å²) in [6.45, 7) is 5.61. The lowest BCUT2D eigenvalue weighted by molar-refractivity contribution is -0.126. The molecular formula is C33H45N3O2. The summed E-state index contributed by atoms with van der Waals surface area (Å²) in [7, 11) is 0. The van der Waals surface area contributed by atoms with Gasteiger partial charge in [-0.25, -0.2) is 0 Å². The maximum atomic E-state index is 13.8. The Bertz CT molecular complexity index is 1070. The molecule has 38 heavy (non-hydrogen) atoms. The highest BCUT2D eigenvalue weighted by molar-refractivity contribution is 5.83. The van der Waals surface area contributed by atoms with Gasteiger partial charge in [-0.3, -0.25) is 9.59 Å². The monoisotopic (exact) mass is 515 g/mol. The van der Waals surface area contributed by atoms with Crippen LogP contribution in [0.1, 0.15) is 73.6 Å². The molecule has 3 atom stereocenters. The van der Waals surface area contributed by atoms with Crippen molar-refractivity contribution in [2.24, 2.45) is 11.8 Å². The Morgan fingerprint density at radius 2 is 1.82 bits per heavy atom. The molecular weight excluding hydrogens is 470 g/mol. The van der Waals surface area contributed by atoms with Crippen molar-refractivity contribution in [3.05, 3.63) is 76.9 Å². The third-order valence-corrected chi connectivity index (χ3v) is 8.25. The van der Waals surface area contributed by atoms with Gasteiger partial charge in [0, 0.05) is 25.0 Å². The molecule has 2 aromatic carbocycles. The van der Waals surface area contributed by atoms with E-state index in [4.69, 9.17) is 0 Å². The lowest BCUT2D eigenvalue weighted by atomic mass is 9.84. The standard InChI is InChI=1S/C33H45N3O2/c1-24-15-16-25(2)29(20-24)23-30(22-28-17-19-35-32(28)37)36-33(38)31(21-27-12-7-4-8-13-27)34-18-9-14-26-10-5-3-6-11-26/h3,5-6,9-11,14-16,20,27-28,30-31,34H,4,7-8,12-13,17-19,21-23H2,1-2H3,(H,35,37)(H,36,38)/t28-,30-,31-/m0/s1. The van der Waals surface area contributed by atoms with Crippen molar-refractivity contribution in [3.63, 3.8) is 0 Å². The molecule has 2 aliphatic rings.